The average Bonchev–Trinajstić information content (AvgIpc) is 2.97. The summed E-state index contributed by atoms with van der Waals surface area (Å²) in [5, 5.41) is 22.5. The summed E-state index contributed by atoms with van der Waals surface area (Å²) in [7, 11) is -3.57. The van der Waals surface area contributed by atoms with Gasteiger partial charge in [0.25, 0.3) is 7.37 Å². The lowest BCUT2D eigenvalue weighted by molar-refractivity contribution is -0.108. The number of phenols is 2. The van der Waals surface area contributed by atoms with Crippen LogP contribution in [0.4, 0.5) is 0 Å². The van der Waals surface area contributed by atoms with Crippen LogP contribution in [-0.4, -0.2) is 29.1 Å². The van der Waals surface area contributed by atoms with Gasteiger partial charge in [-0.25, -0.2) is 0 Å². The van der Waals surface area contributed by atoms with E-state index in [4.69, 9.17) is 4.52 Å². The summed E-state index contributed by atoms with van der Waals surface area (Å²) in [5.41, 5.74) is 3.86. The maximum absolute atomic E-state index is 14.6. The molecule has 7 nitrogen and oxygen atoms in total. The van der Waals surface area contributed by atoms with Gasteiger partial charge in [-0.05, 0) is 28.8 Å². The molecule has 42 heavy (non-hydrogen) atoms. The van der Waals surface area contributed by atoms with Gasteiger partial charge in [0.05, 0.1) is 11.5 Å². The van der Waals surface area contributed by atoms with Crippen molar-refractivity contribution in [3.63, 3.8) is 0 Å². The molecular weight excluding hydrogens is 551 g/mol. The molecule has 1 aliphatic heterocycles. The minimum atomic E-state index is -3.57. The number of aromatic hydroxyl groups is 2. The van der Waals surface area contributed by atoms with Crippen molar-refractivity contribution in [2.45, 2.75) is 44.7 Å². The van der Waals surface area contributed by atoms with Gasteiger partial charge in [-0.1, -0.05) is 74.5 Å². The molecule has 0 fully saturated rings. The van der Waals surface area contributed by atoms with Crippen molar-refractivity contribution in [3.8, 4) is 28.4 Å². The number of carbonyl (C=O) groups excluding carboxylic acids is 3. The molecule has 5 rings (SSSR count). The Kier molecular flexibility index (Phi) is 7.89. The van der Waals surface area contributed by atoms with E-state index in [2.05, 4.69) is 0 Å². The minimum absolute atomic E-state index is 0.0275. The van der Waals surface area contributed by atoms with Gasteiger partial charge in [0.15, 0.2) is 0 Å². The van der Waals surface area contributed by atoms with Crippen molar-refractivity contribution in [2.75, 3.05) is 0 Å². The fourth-order valence-electron chi connectivity index (χ4n) is 5.58. The number of phenolic OH excluding ortho intramolecular Hbond substituents is 2. The second-order valence-corrected chi connectivity index (χ2v) is 13.3. The van der Waals surface area contributed by atoms with Gasteiger partial charge in [0, 0.05) is 52.5 Å². The van der Waals surface area contributed by atoms with Crippen LogP contribution >= 0.6 is 7.37 Å². The van der Waals surface area contributed by atoms with E-state index in [-0.39, 0.29) is 36.9 Å². The highest BCUT2D eigenvalue weighted by atomic mass is 31.2. The second-order valence-electron chi connectivity index (χ2n) is 11.0. The SMILES string of the molecule is CC(C)(c1cc(CC=O)c(O)c(CC=O)c1)c1cc(CC=O)c(O)c(CP2(=O)Oc3ccccc3-c3ccccc32)c1. The molecule has 1 aliphatic rings. The first-order chi connectivity index (χ1) is 20.1. The van der Waals surface area contributed by atoms with Gasteiger partial charge in [-0.15, -0.1) is 0 Å². The first kappa shape index (κ1) is 29.0. The minimum Gasteiger partial charge on any atom is -0.507 e. The Morgan fingerprint density at radius 3 is 1.69 bits per heavy atom. The molecule has 1 unspecified atom stereocenters. The number of aldehydes is 3. The zero-order chi connectivity index (χ0) is 30.1. The summed E-state index contributed by atoms with van der Waals surface area (Å²) in [6.07, 6.45) is 1.85. The Bertz CT molecular complexity index is 1720. The third kappa shape index (κ3) is 5.17. The van der Waals surface area contributed by atoms with Gasteiger partial charge in [-0.3, -0.25) is 4.57 Å². The highest BCUT2D eigenvalue weighted by molar-refractivity contribution is 7.67. The molecular formula is C34H31O7P. The van der Waals surface area contributed by atoms with Crippen LogP contribution in [0, 0.1) is 0 Å². The van der Waals surface area contributed by atoms with E-state index >= 15 is 0 Å². The van der Waals surface area contributed by atoms with Crippen molar-refractivity contribution >= 4 is 31.5 Å². The first-order valence-electron chi connectivity index (χ1n) is 13.6. The fraction of sp³-hybridized carbons (Fsp3) is 0.206. The number of hydrogen-bond acceptors (Lipinski definition) is 7. The number of rotatable bonds is 10. The molecule has 1 heterocycles. The van der Waals surface area contributed by atoms with Crippen molar-refractivity contribution in [1.29, 1.82) is 0 Å². The zero-order valence-electron chi connectivity index (χ0n) is 23.4. The lowest BCUT2D eigenvalue weighted by atomic mass is 9.75. The molecule has 4 aromatic carbocycles. The third-order valence-corrected chi connectivity index (χ3v) is 10.3. The Morgan fingerprint density at radius 2 is 1.14 bits per heavy atom. The fourth-order valence-corrected chi connectivity index (χ4v) is 7.96. The Balaban J connectivity index is 1.65. The predicted molar refractivity (Wildman–Crippen MR) is 161 cm³/mol. The van der Waals surface area contributed by atoms with E-state index in [1.54, 1.807) is 42.5 Å². The van der Waals surface area contributed by atoms with Gasteiger partial charge >= 0.3 is 0 Å². The van der Waals surface area contributed by atoms with Crippen LogP contribution < -0.4 is 9.83 Å². The molecule has 1 atom stereocenters. The first-order valence-corrected chi connectivity index (χ1v) is 15.4. The van der Waals surface area contributed by atoms with Gasteiger partial charge in [-0.2, -0.15) is 0 Å². The highest BCUT2D eigenvalue weighted by Crippen LogP contribution is 2.57. The van der Waals surface area contributed by atoms with E-state index in [1.807, 2.05) is 44.2 Å². The van der Waals surface area contributed by atoms with E-state index in [0.29, 0.717) is 57.7 Å². The molecule has 4 aromatic rings. The van der Waals surface area contributed by atoms with Crippen LogP contribution in [0.1, 0.15) is 47.2 Å². The van der Waals surface area contributed by atoms with Gasteiger partial charge in [0.2, 0.25) is 0 Å². The molecule has 8 heteroatoms. The van der Waals surface area contributed by atoms with Crippen LogP contribution in [-0.2, 0) is 49.8 Å². The molecule has 0 bridgehead atoms. The van der Waals surface area contributed by atoms with Crippen LogP contribution in [0.5, 0.6) is 17.2 Å². The molecule has 214 valence electrons. The number of fused-ring (bicyclic) bond motifs is 3. The van der Waals surface area contributed by atoms with Gasteiger partial charge < -0.3 is 29.1 Å². The average molecular weight is 583 g/mol. The summed E-state index contributed by atoms with van der Waals surface area (Å²) in [4.78, 5) is 34.3. The molecule has 0 aliphatic carbocycles. The van der Waals surface area contributed by atoms with E-state index in [0.717, 1.165) is 16.7 Å². The summed E-state index contributed by atoms with van der Waals surface area (Å²) >= 11 is 0. The standard InChI is InChI=1S/C34H31O7P/c1-34(2,26-17-22(11-14-35)32(38)23(18-26)12-15-36)27-19-24(13-16-37)33(39)25(20-27)21-42(40)31-10-6-4-8-29(31)28-7-3-5-9-30(28)41-42/h3-10,14-20,38-39H,11-13,21H2,1-2H3. The second kappa shape index (κ2) is 11.4. The maximum atomic E-state index is 14.6. The normalized spacial score (nSPS) is 15.7. The number of benzene rings is 4. The molecule has 2 N–H and O–H groups in total. The van der Waals surface area contributed by atoms with Crippen LogP contribution in [0.15, 0.2) is 72.8 Å². The smallest absolute Gasteiger partial charge is 0.282 e. The summed E-state index contributed by atoms with van der Waals surface area (Å²) in [6.45, 7) is 3.86. The van der Waals surface area contributed by atoms with E-state index in [1.165, 1.54) is 0 Å². The third-order valence-electron chi connectivity index (χ3n) is 7.96. The number of para-hydroxylation sites is 1. The molecule has 0 amide bonds. The molecule has 0 saturated carbocycles. The molecule has 0 saturated heterocycles. The molecule has 0 spiro atoms. The van der Waals surface area contributed by atoms with Crippen molar-refractivity contribution in [2.24, 2.45) is 0 Å². The summed E-state index contributed by atoms with van der Waals surface area (Å²) in [5.74, 6) is 0.289. The summed E-state index contributed by atoms with van der Waals surface area (Å²) < 4.78 is 20.8. The van der Waals surface area contributed by atoms with Crippen molar-refractivity contribution in [1.82, 2.24) is 0 Å². The predicted octanol–water partition coefficient (Wildman–Crippen LogP) is 5.81. The topological polar surface area (TPSA) is 118 Å². The van der Waals surface area contributed by atoms with Crippen LogP contribution in [0.25, 0.3) is 11.1 Å². The van der Waals surface area contributed by atoms with Crippen LogP contribution in [0.3, 0.4) is 0 Å². The van der Waals surface area contributed by atoms with E-state index in [9.17, 15) is 29.2 Å². The van der Waals surface area contributed by atoms with Crippen LogP contribution in [0.2, 0.25) is 0 Å². The maximum Gasteiger partial charge on any atom is 0.282 e. The zero-order valence-corrected chi connectivity index (χ0v) is 24.3. The largest absolute Gasteiger partial charge is 0.507 e. The Hall–Kier alpha value is -4.48. The quantitative estimate of drug-likeness (QED) is 0.179. The summed E-state index contributed by atoms with van der Waals surface area (Å²) in [6, 6.07) is 21.7. The highest BCUT2D eigenvalue weighted by Gasteiger charge is 2.37. The number of hydrogen-bond donors (Lipinski definition) is 2. The number of carbonyl (C=O) groups is 3. The van der Waals surface area contributed by atoms with Gasteiger partial charge in [0.1, 0.15) is 36.1 Å². The monoisotopic (exact) mass is 582 g/mol. The molecule has 0 radical (unpaired) electrons. The Labute approximate surface area is 244 Å². The lowest BCUT2D eigenvalue weighted by Crippen LogP contribution is -2.22. The lowest BCUT2D eigenvalue weighted by Gasteiger charge is -2.31. The Morgan fingerprint density at radius 1 is 0.690 bits per heavy atom. The van der Waals surface area contributed by atoms with Crippen molar-refractivity contribution in [3.05, 3.63) is 106 Å². The van der Waals surface area contributed by atoms with Crippen molar-refractivity contribution < 1.29 is 33.7 Å². The molecule has 0 aromatic heterocycles. The van der Waals surface area contributed by atoms with E-state index < -0.39 is 12.8 Å².